The molecule has 0 bridgehead atoms. The van der Waals surface area contributed by atoms with Crippen LogP contribution in [0.4, 0.5) is 16.2 Å². The highest BCUT2D eigenvalue weighted by molar-refractivity contribution is 5.77. The fourth-order valence-corrected chi connectivity index (χ4v) is 3.42. The quantitative estimate of drug-likeness (QED) is 0.678. The lowest BCUT2D eigenvalue weighted by molar-refractivity contribution is -0.121. The molecular weight excluding hydrogens is 356 g/mol. The van der Waals surface area contributed by atoms with E-state index in [4.69, 9.17) is 4.74 Å². The summed E-state index contributed by atoms with van der Waals surface area (Å²) in [6, 6.07) is 8.44. The molecule has 0 aromatic heterocycles. The van der Waals surface area contributed by atoms with Crippen LogP contribution in [0.3, 0.4) is 0 Å². The van der Waals surface area contributed by atoms with Gasteiger partial charge in [-0.3, -0.25) is 4.79 Å². The lowest BCUT2D eigenvalue weighted by atomic mass is 10.1. The van der Waals surface area contributed by atoms with E-state index in [1.54, 1.807) is 11.8 Å². The molecule has 156 valence electrons. The Hall–Kier alpha value is -2.44. The summed E-state index contributed by atoms with van der Waals surface area (Å²) >= 11 is 0. The van der Waals surface area contributed by atoms with Gasteiger partial charge in [0.15, 0.2) is 0 Å². The van der Waals surface area contributed by atoms with E-state index in [0.29, 0.717) is 32.7 Å². The number of hydrogen-bond acceptors (Lipinski definition) is 5. The standard InChI is InChI=1S/C21H34N4O3/c1-4-24(5-2)19-9-7-17(8-10-19)22-14-11-20(26)23-18-12-15-25(16-13-18)21(27)28-6-3/h7-10,18,22H,4-6,11-16H2,1-3H3,(H,23,26). The van der Waals surface area contributed by atoms with Crippen LogP contribution in [0.25, 0.3) is 0 Å². The van der Waals surface area contributed by atoms with E-state index in [1.807, 2.05) is 0 Å². The average molecular weight is 391 g/mol. The second kappa shape index (κ2) is 11.4. The van der Waals surface area contributed by atoms with Crippen molar-refractivity contribution >= 4 is 23.4 Å². The van der Waals surface area contributed by atoms with Crippen molar-refractivity contribution in [2.75, 3.05) is 49.5 Å². The van der Waals surface area contributed by atoms with E-state index in [1.165, 1.54) is 5.69 Å². The van der Waals surface area contributed by atoms with Gasteiger partial charge >= 0.3 is 6.09 Å². The zero-order chi connectivity index (χ0) is 20.4. The highest BCUT2D eigenvalue weighted by atomic mass is 16.6. The number of anilines is 2. The summed E-state index contributed by atoms with van der Waals surface area (Å²) in [4.78, 5) is 27.9. The molecular formula is C21H34N4O3. The predicted octanol–water partition coefficient (Wildman–Crippen LogP) is 3.07. The maximum absolute atomic E-state index is 12.2. The Labute approximate surface area is 168 Å². The van der Waals surface area contributed by atoms with Gasteiger partial charge in [0.1, 0.15) is 0 Å². The van der Waals surface area contributed by atoms with Crippen molar-refractivity contribution in [3.8, 4) is 0 Å². The second-order valence-corrected chi connectivity index (χ2v) is 6.92. The van der Waals surface area contributed by atoms with Crippen LogP contribution >= 0.6 is 0 Å². The number of nitrogens with zero attached hydrogens (tertiary/aromatic N) is 2. The number of carbonyl (C=O) groups is 2. The topological polar surface area (TPSA) is 73.9 Å². The normalized spacial score (nSPS) is 14.5. The number of amides is 2. The highest BCUT2D eigenvalue weighted by Crippen LogP contribution is 2.17. The Morgan fingerprint density at radius 3 is 2.32 bits per heavy atom. The van der Waals surface area contributed by atoms with Gasteiger partial charge in [0.25, 0.3) is 0 Å². The number of likely N-dealkylation sites (tertiary alicyclic amines) is 1. The SMILES string of the molecule is CCOC(=O)N1CCC(NC(=O)CCNc2ccc(N(CC)CC)cc2)CC1. The van der Waals surface area contributed by atoms with Crippen molar-refractivity contribution in [2.45, 2.75) is 46.1 Å². The average Bonchev–Trinajstić information content (AvgIpc) is 2.71. The summed E-state index contributed by atoms with van der Waals surface area (Å²) in [6.45, 7) is 10.3. The summed E-state index contributed by atoms with van der Waals surface area (Å²) in [5, 5.41) is 6.37. The zero-order valence-corrected chi connectivity index (χ0v) is 17.4. The van der Waals surface area contributed by atoms with Gasteiger partial charge in [-0.15, -0.1) is 0 Å². The molecule has 1 heterocycles. The van der Waals surface area contributed by atoms with Gasteiger partial charge in [-0.2, -0.15) is 0 Å². The third-order valence-electron chi connectivity index (χ3n) is 5.06. The number of rotatable bonds is 9. The van der Waals surface area contributed by atoms with Crippen LogP contribution in [0.15, 0.2) is 24.3 Å². The van der Waals surface area contributed by atoms with Crippen molar-refractivity contribution in [3.63, 3.8) is 0 Å². The van der Waals surface area contributed by atoms with E-state index in [-0.39, 0.29) is 18.0 Å². The zero-order valence-electron chi connectivity index (χ0n) is 17.4. The molecule has 0 saturated carbocycles. The van der Waals surface area contributed by atoms with Gasteiger partial charge in [0.05, 0.1) is 6.61 Å². The molecule has 7 heteroatoms. The van der Waals surface area contributed by atoms with E-state index < -0.39 is 0 Å². The minimum atomic E-state index is -0.261. The molecule has 7 nitrogen and oxygen atoms in total. The molecule has 2 N–H and O–H groups in total. The molecule has 0 radical (unpaired) electrons. The van der Waals surface area contributed by atoms with Crippen LogP contribution < -0.4 is 15.5 Å². The van der Waals surface area contributed by atoms with Crippen molar-refractivity contribution in [1.29, 1.82) is 0 Å². The van der Waals surface area contributed by atoms with E-state index in [2.05, 4.69) is 53.6 Å². The second-order valence-electron chi connectivity index (χ2n) is 6.92. The number of piperidine rings is 1. The molecule has 28 heavy (non-hydrogen) atoms. The minimum Gasteiger partial charge on any atom is -0.450 e. The fourth-order valence-electron chi connectivity index (χ4n) is 3.42. The molecule has 2 amide bonds. The van der Waals surface area contributed by atoms with Crippen molar-refractivity contribution in [1.82, 2.24) is 10.2 Å². The molecule has 1 saturated heterocycles. The van der Waals surface area contributed by atoms with E-state index in [0.717, 1.165) is 31.6 Å². The maximum Gasteiger partial charge on any atom is 0.409 e. The first kappa shape index (κ1) is 21.9. The van der Waals surface area contributed by atoms with Crippen LogP contribution in [-0.2, 0) is 9.53 Å². The molecule has 0 spiro atoms. The monoisotopic (exact) mass is 390 g/mol. The highest BCUT2D eigenvalue weighted by Gasteiger charge is 2.24. The predicted molar refractivity (Wildman–Crippen MR) is 113 cm³/mol. The Kier molecular flexibility index (Phi) is 8.91. The van der Waals surface area contributed by atoms with Gasteiger partial charge in [-0.1, -0.05) is 0 Å². The summed E-state index contributed by atoms with van der Waals surface area (Å²) in [5.74, 6) is 0.0434. The van der Waals surface area contributed by atoms with Crippen LogP contribution in [0.1, 0.15) is 40.0 Å². The molecule has 1 aliphatic heterocycles. The summed E-state index contributed by atoms with van der Waals surface area (Å²) < 4.78 is 5.01. The molecule has 1 aromatic rings. The van der Waals surface area contributed by atoms with Gasteiger partial charge in [0.2, 0.25) is 5.91 Å². The molecule has 0 atom stereocenters. The van der Waals surface area contributed by atoms with E-state index in [9.17, 15) is 9.59 Å². The molecule has 0 unspecified atom stereocenters. The molecule has 2 rings (SSSR count). The number of carbonyl (C=O) groups excluding carboxylic acids is 2. The third kappa shape index (κ3) is 6.62. The first-order chi connectivity index (χ1) is 13.6. The van der Waals surface area contributed by atoms with Crippen LogP contribution in [0, 0.1) is 0 Å². The number of ether oxygens (including phenoxy) is 1. The summed E-state index contributed by atoms with van der Waals surface area (Å²) in [6.07, 6.45) is 1.70. The maximum atomic E-state index is 12.2. The number of nitrogens with one attached hydrogen (secondary N) is 2. The van der Waals surface area contributed by atoms with E-state index >= 15 is 0 Å². The van der Waals surface area contributed by atoms with Gasteiger partial charge in [0, 0.05) is 56.6 Å². The smallest absolute Gasteiger partial charge is 0.409 e. The first-order valence-corrected chi connectivity index (χ1v) is 10.4. The Balaban J connectivity index is 1.66. The van der Waals surface area contributed by atoms with Gasteiger partial charge in [-0.25, -0.2) is 4.79 Å². The largest absolute Gasteiger partial charge is 0.450 e. The summed E-state index contributed by atoms with van der Waals surface area (Å²) in [5.41, 5.74) is 2.23. The van der Waals surface area contributed by atoms with Crippen LogP contribution in [0.5, 0.6) is 0 Å². The van der Waals surface area contributed by atoms with Crippen LogP contribution in [0.2, 0.25) is 0 Å². The Morgan fingerprint density at radius 2 is 1.75 bits per heavy atom. The van der Waals surface area contributed by atoms with Gasteiger partial charge in [-0.05, 0) is 57.9 Å². The van der Waals surface area contributed by atoms with Crippen molar-refractivity contribution in [2.24, 2.45) is 0 Å². The van der Waals surface area contributed by atoms with Crippen molar-refractivity contribution in [3.05, 3.63) is 24.3 Å². The number of hydrogen-bond donors (Lipinski definition) is 2. The van der Waals surface area contributed by atoms with Crippen LogP contribution in [-0.4, -0.2) is 62.3 Å². The lowest BCUT2D eigenvalue weighted by Gasteiger charge is -2.31. The number of benzene rings is 1. The first-order valence-electron chi connectivity index (χ1n) is 10.4. The third-order valence-corrected chi connectivity index (χ3v) is 5.06. The van der Waals surface area contributed by atoms with Gasteiger partial charge < -0.3 is 25.2 Å². The Bertz CT molecular complexity index is 609. The van der Waals surface area contributed by atoms with Crippen molar-refractivity contribution < 1.29 is 14.3 Å². The lowest BCUT2D eigenvalue weighted by Crippen LogP contribution is -2.46. The fraction of sp³-hybridized carbons (Fsp3) is 0.619. The molecule has 1 aliphatic rings. The molecule has 1 fully saturated rings. The summed E-state index contributed by atoms with van der Waals surface area (Å²) in [7, 11) is 0. The Morgan fingerprint density at radius 1 is 1.11 bits per heavy atom. The molecule has 0 aliphatic carbocycles. The molecule has 1 aromatic carbocycles. The minimum absolute atomic E-state index is 0.0434.